The highest BCUT2D eigenvalue weighted by Gasteiger charge is 2.30. The summed E-state index contributed by atoms with van der Waals surface area (Å²) in [6.45, 7) is 1.38. The molecule has 7 nitrogen and oxygen atoms in total. The zero-order chi connectivity index (χ0) is 22.1. The maximum Gasteiger partial charge on any atom is 0.298 e. The van der Waals surface area contributed by atoms with Gasteiger partial charge >= 0.3 is 0 Å². The number of carbonyl (C=O) groups is 1. The van der Waals surface area contributed by atoms with Crippen LogP contribution in [0.3, 0.4) is 0 Å². The fraction of sp³-hybridized carbons (Fsp3) is 0.292. The molecule has 0 radical (unpaired) electrons. The van der Waals surface area contributed by atoms with Crippen LogP contribution < -0.4 is 10.2 Å². The molecule has 1 aliphatic rings. The van der Waals surface area contributed by atoms with Crippen molar-refractivity contribution in [3.8, 4) is 0 Å². The quantitative estimate of drug-likeness (QED) is 0.518. The molecule has 4 aromatic rings. The van der Waals surface area contributed by atoms with E-state index in [2.05, 4.69) is 20.2 Å². The molecule has 1 aliphatic heterocycles. The molecule has 0 saturated carbocycles. The molecule has 1 saturated heterocycles. The van der Waals surface area contributed by atoms with Gasteiger partial charge in [0, 0.05) is 38.4 Å². The molecule has 1 fully saturated rings. The molecule has 1 N–H and O–H groups in total. The summed E-state index contributed by atoms with van der Waals surface area (Å²) in [6, 6.07) is 14.0. The highest BCUT2D eigenvalue weighted by Crippen LogP contribution is 2.28. The van der Waals surface area contributed by atoms with Gasteiger partial charge in [0.25, 0.3) is 6.01 Å². The second-order valence-corrected chi connectivity index (χ2v) is 8.11. The number of aryl methyl sites for hydroxylation is 1. The number of fused-ring (bicyclic) bond motifs is 1. The molecular weight excluding hydrogens is 409 g/mol. The summed E-state index contributed by atoms with van der Waals surface area (Å²) >= 11 is 0. The number of nitrogens with one attached hydrogen (secondary N) is 1. The van der Waals surface area contributed by atoms with Gasteiger partial charge in [-0.15, -0.1) is 0 Å². The lowest BCUT2D eigenvalue weighted by molar-refractivity contribution is -0.126. The first-order valence-corrected chi connectivity index (χ1v) is 10.7. The summed E-state index contributed by atoms with van der Waals surface area (Å²) in [5.74, 6) is 0.234. The number of para-hydroxylation sites is 2. The van der Waals surface area contributed by atoms with Gasteiger partial charge in [-0.2, -0.15) is 4.98 Å². The van der Waals surface area contributed by atoms with Crippen molar-refractivity contribution in [2.75, 3.05) is 18.0 Å². The van der Waals surface area contributed by atoms with Gasteiger partial charge in [-0.05, 0) is 42.7 Å². The predicted octanol–water partition coefficient (Wildman–Crippen LogP) is 3.82. The third-order valence-electron chi connectivity index (χ3n) is 6.03. The van der Waals surface area contributed by atoms with Gasteiger partial charge in [0.2, 0.25) is 5.91 Å². The van der Waals surface area contributed by atoms with Gasteiger partial charge in [0.15, 0.2) is 5.58 Å². The SMILES string of the molecule is Cn1ccnc1C(NC(=O)C1CCN(c2nc3ccccc3o2)CC1)c1ccc(F)cc1. The van der Waals surface area contributed by atoms with E-state index in [1.165, 1.54) is 12.1 Å². The molecular formula is C24H24FN5O2. The first-order chi connectivity index (χ1) is 15.6. The number of nitrogens with zero attached hydrogens (tertiary/aromatic N) is 4. The Morgan fingerprint density at radius 2 is 1.91 bits per heavy atom. The summed E-state index contributed by atoms with van der Waals surface area (Å²) in [5, 5.41) is 3.14. The Hall–Kier alpha value is -3.68. The minimum Gasteiger partial charge on any atom is -0.423 e. The lowest BCUT2D eigenvalue weighted by Crippen LogP contribution is -2.42. The molecule has 1 amide bonds. The van der Waals surface area contributed by atoms with E-state index >= 15 is 0 Å². The summed E-state index contributed by atoms with van der Waals surface area (Å²) in [7, 11) is 1.88. The molecule has 1 atom stereocenters. The van der Waals surface area contributed by atoms with Gasteiger partial charge < -0.3 is 19.2 Å². The highest BCUT2D eigenvalue weighted by molar-refractivity contribution is 5.80. The number of hydrogen-bond acceptors (Lipinski definition) is 5. The molecule has 164 valence electrons. The van der Waals surface area contributed by atoms with Crippen molar-refractivity contribution in [2.24, 2.45) is 13.0 Å². The van der Waals surface area contributed by atoms with Crippen molar-refractivity contribution in [1.29, 1.82) is 0 Å². The van der Waals surface area contributed by atoms with Crippen LogP contribution in [-0.2, 0) is 11.8 Å². The van der Waals surface area contributed by atoms with Crippen LogP contribution in [0.2, 0.25) is 0 Å². The number of imidazole rings is 1. The molecule has 0 bridgehead atoms. The molecule has 0 aliphatic carbocycles. The van der Waals surface area contributed by atoms with E-state index in [0.717, 1.165) is 16.7 Å². The number of anilines is 1. The van der Waals surface area contributed by atoms with E-state index in [0.29, 0.717) is 37.8 Å². The Labute approximate surface area is 184 Å². The molecule has 2 aromatic carbocycles. The number of amides is 1. The van der Waals surface area contributed by atoms with E-state index < -0.39 is 6.04 Å². The van der Waals surface area contributed by atoms with Crippen LogP contribution in [0.5, 0.6) is 0 Å². The molecule has 32 heavy (non-hydrogen) atoms. The Bertz CT molecular complexity index is 1190. The second-order valence-electron chi connectivity index (χ2n) is 8.11. The Morgan fingerprint density at radius 3 is 2.59 bits per heavy atom. The molecule has 8 heteroatoms. The fourth-order valence-electron chi connectivity index (χ4n) is 4.20. The Balaban J connectivity index is 1.28. The van der Waals surface area contributed by atoms with E-state index in [-0.39, 0.29) is 17.6 Å². The standard InChI is InChI=1S/C24H24FN5O2/c1-29-15-12-26-22(29)21(16-6-8-18(25)9-7-16)28-23(31)17-10-13-30(14-11-17)24-27-19-4-2-3-5-20(19)32-24/h2-9,12,15,17,21H,10-11,13-14H2,1H3,(H,28,31). The van der Waals surface area contributed by atoms with Gasteiger partial charge in [0.05, 0.1) is 0 Å². The first kappa shape index (κ1) is 20.2. The zero-order valence-corrected chi connectivity index (χ0v) is 17.7. The molecule has 2 aromatic heterocycles. The number of rotatable bonds is 5. The predicted molar refractivity (Wildman–Crippen MR) is 119 cm³/mol. The average molecular weight is 433 g/mol. The van der Waals surface area contributed by atoms with Crippen LogP contribution in [0.4, 0.5) is 10.4 Å². The third kappa shape index (κ3) is 3.95. The molecule has 3 heterocycles. The van der Waals surface area contributed by atoms with Crippen LogP contribution in [0.25, 0.3) is 11.1 Å². The van der Waals surface area contributed by atoms with Crippen LogP contribution in [0.15, 0.2) is 65.3 Å². The van der Waals surface area contributed by atoms with Crippen molar-refractivity contribution in [3.05, 3.63) is 78.1 Å². The van der Waals surface area contributed by atoms with Gasteiger partial charge in [-0.25, -0.2) is 9.37 Å². The number of carbonyl (C=O) groups excluding carboxylic acids is 1. The Morgan fingerprint density at radius 1 is 1.16 bits per heavy atom. The number of hydrogen-bond donors (Lipinski definition) is 1. The summed E-state index contributed by atoms with van der Waals surface area (Å²) in [6.07, 6.45) is 4.91. The van der Waals surface area contributed by atoms with E-state index in [9.17, 15) is 9.18 Å². The van der Waals surface area contributed by atoms with Gasteiger partial charge in [-0.1, -0.05) is 24.3 Å². The van der Waals surface area contributed by atoms with Crippen LogP contribution in [0.1, 0.15) is 30.3 Å². The van der Waals surface area contributed by atoms with E-state index in [1.807, 2.05) is 42.1 Å². The summed E-state index contributed by atoms with van der Waals surface area (Å²) in [4.78, 5) is 24.2. The lowest BCUT2D eigenvalue weighted by Gasteiger charge is -2.31. The molecule has 5 rings (SSSR count). The highest BCUT2D eigenvalue weighted by atomic mass is 19.1. The third-order valence-corrected chi connectivity index (χ3v) is 6.03. The van der Waals surface area contributed by atoms with Crippen LogP contribution in [0, 0.1) is 11.7 Å². The fourth-order valence-corrected chi connectivity index (χ4v) is 4.20. The largest absolute Gasteiger partial charge is 0.423 e. The average Bonchev–Trinajstić information content (AvgIpc) is 3.44. The number of oxazole rings is 1. The summed E-state index contributed by atoms with van der Waals surface area (Å²) in [5.41, 5.74) is 2.39. The van der Waals surface area contributed by atoms with E-state index in [4.69, 9.17) is 4.42 Å². The van der Waals surface area contributed by atoms with Crippen LogP contribution in [-0.4, -0.2) is 33.5 Å². The lowest BCUT2D eigenvalue weighted by atomic mass is 9.95. The van der Waals surface area contributed by atoms with Crippen LogP contribution >= 0.6 is 0 Å². The Kier molecular flexibility index (Phi) is 5.34. The smallest absolute Gasteiger partial charge is 0.298 e. The normalized spacial score (nSPS) is 15.8. The second kappa shape index (κ2) is 8.45. The maximum absolute atomic E-state index is 13.4. The minimum atomic E-state index is -0.446. The minimum absolute atomic E-state index is 0.0282. The zero-order valence-electron chi connectivity index (χ0n) is 17.7. The molecule has 1 unspecified atom stereocenters. The number of piperidine rings is 1. The molecule has 0 spiro atoms. The van der Waals surface area contributed by atoms with Gasteiger partial charge in [-0.3, -0.25) is 4.79 Å². The number of halogens is 1. The maximum atomic E-state index is 13.4. The number of benzene rings is 2. The van der Waals surface area contributed by atoms with Crippen molar-refractivity contribution < 1.29 is 13.6 Å². The van der Waals surface area contributed by atoms with Gasteiger partial charge in [0.1, 0.15) is 23.2 Å². The monoisotopic (exact) mass is 433 g/mol. The van der Waals surface area contributed by atoms with Crippen molar-refractivity contribution in [2.45, 2.75) is 18.9 Å². The number of aromatic nitrogens is 3. The van der Waals surface area contributed by atoms with Crippen molar-refractivity contribution in [1.82, 2.24) is 19.9 Å². The van der Waals surface area contributed by atoms with Crippen molar-refractivity contribution >= 4 is 23.0 Å². The first-order valence-electron chi connectivity index (χ1n) is 10.7. The van der Waals surface area contributed by atoms with Crippen molar-refractivity contribution in [3.63, 3.8) is 0 Å². The van der Waals surface area contributed by atoms with E-state index in [1.54, 1.807) is 18.3 Å². The summed E-state index contributed by atoms with van der Waals surface area (Å²) < 4.78 is 21.2. The topological polar surface area (TPSA) is 76.2 Å².